The molecular formula is C26H34N2O4. The van der Waals surface area contributed by atoms with E-state index in [1.807, 2.05) is 18.2 Å². The monoisotopic (exact) mass is 438 g/mol. The van der Waals surface area contributed by atoms with Gasteiger partial charge in [0.25, 0.3) is 0 Å². The van der Waals surface area contributed by atoms with Crippen molar-refractivity contribution in [1.29, 1.82) is 0 Å². The number of piperidine rings is 1. The molecule has 0 bridgehead atoms. The lowest BCUT2D eigenvalue weighted by Gasteiger charge is -2.45. The molecule has 172 valence electrons. The lowest BCUT2D eigenvalue weighted by atomic mass is 9.68. The van der Waals surface area contributed by atoms with Crippen LogP contribution in [0, 0.1) is 5.92 Å². The second-order valence-electron chi connectivity index (χ2n) is 9.53. The van der Waals surface area contributed by atoms with Crippen LogP contribution in [-0.4, -0.2) is 53.4 Å². The predicted octanol–water partition coefficient (Wildman–Crippen LogP) is 3.35. The normalized spacial score (nSPS) is 25.8. The first-order valence-electron chi connectivity index (χ1n) is 11.6. The standard InChI is InChI=1S/C26H34N2O4/c1-18-17-28(11-9-26(18,2)21-5-3-6-22(29)15-21)10-4-12-32-25(31)24-14-19-7-8-23(30)13-20(19)16-27-24/h3,5-8,13,15,18,24,27,29-30H,4,9-12,14,16-17H2,1-2H3/t18-,24+,26+/m0/s1. The summed E-state index contributed by atoms with van der Waals surface area (Å²) in [6, 6.07) is 12.6. The van der Waals surface area contributed by atoms with Crippen molar-refractivity contribution in [2.45, 2.75) is 51.1 Å². The summed E-state index contributed by atoms with van der Waals surface area (Å²) in [5.41, 5.74) is 3.38. The number of hydrogen-bond acceptors (Lipinski definition) is 6. The number of aromatic hydroxyl groups is 2. The zero-order valence-electron chi connectivity index (χ0n) is 19.0. The van der Waals surface area contributed by atoms with Gasteiger partial charge in [0.1, 0.15) is 17.5 Å². The molecule has 0 aliphatic carbocycles. The highest BCUT2D eigenvalue weighted by Crippen LogP contribution is 2.40. The molecule has 0 spiro atoms. The van der Waals surface area contributed by atoms with Gasteiger partial charge in [-0.1, -0.05) is 32.0 Å². The predicted molar refractivity (Wildman–Crippen MR) is 124 cm³/mol. The zero-order chi connectivity index (χ0) is 22.7. The molecular weight excluding hydrogens is 404 g/mol. The van der Waals surface area contributed by atoms with Crippen LogP contribution in [0.3, 0.4) is 0 Å². The van der Waals surface area contributed by atoms with Crippen LogP contribution in [0.5, 0.6) is 11.5 Å². The van der Waals surface area contributed by atoms with Gasteiger partial charge in [-0.15, -0.1) is 0 Å². The molecule has 1 saturated heterocycles. The third-order valence-electron chi connectivity index (χ3n) is 7.37. The van der Waals surface area contributed by atoms with Crippen LogP contribution in [0.1, 0.15) is 43.4 Å². The summed E-state index contributed by atoms with van der Waals surface area (Å²) in [7, 11) is 0. The molecule has 1 fully saturated rings. The average Bonchev–Trinajstić information content (AvgIpc) is 2.78. The van der Waals surface area contributed by atoms with Crippen LogP contribution in [0.15, 0.2) is 42.5 Å². The van der Waals surface area contributed by atoms with Crippen molar-refractivity contribution in [2.24, 2.45) is 5.92 Å². The number of ether oxygens (including phenoxy) is 1. The number of nitrogens with zero attached hydrogens (tertiary/aromatic N) is 1. The molecule has 2 aliphatic heterocycles. The van der Waals surface area contributed by atoms with E-state index >= 15 is 0 Å². The Morgan fingerprint density at radius 1 is 1.19 bits per heavy atom. The maximum Gasteiger partial charge on any atom is 0.323 e. The van der Waals surface area contributed by atoms with E-state index in [0.717, 1.165) is 43.6 Å². The number of rotatable bonds is 6. The molecule has 2 aliphatic rings. The smallest absolute Gasteiger partial charge is 0.323 e. The van der Waals surface area contributed by atoms with Crippen molar-refractivity contribution in [3.05, 3.63) is 59.2 Å². The number of phenols is 2. The minimum atomic E-state index is -0.329. The van der Waals surface area contributed by atoms with Gasteiger partial charge in [0.15, 0.2) is 0 Å². The van der Waals surface area contributed by atoms with Gasteiger partial charge >= 0.3 is 5.97 Å². The van der Waals surface area contributed by atoms with Crippen molar-refractivity contribution >= 4 is 5.97 Å². The summed E-state index contributed by atoms with van der Waals surface area (Å²) in [5.74, 6) is 0.842. The molecule has 0 unspecified atom stereocenters. The van der Waals surface area contributed by atoms with Crippen molar-refractivity contribution in [2.75, 3.05) is 26.2 Å². The fourth-order valence-electron chi connectivity index (χ4n) is 5.04. The maximum atomic E-state index is 12.5. The average molecular weight is 439 g/mol. The second-order valence-corrected chi connectivity index (χ2v) is 9.53. The summed E-state index contributed by atoms with van der Waals surface area (Å²) in [4.78, 5) is 14.9. The fraction of sp³-hybridized carbons (Fsp3) is 0.500. The summed E-state index contributed by atoms with van der Waals surface area (Å²) in [5, 5.41) is 22.7. The lowest BCUT2D eigenvalue weighted by Crippen LogP contribution is -2.47. The molecule has 3 N–H and O–H groups in total. The van der Waals surface area contributed by atoms with Crippen LogP contribution >= 0.6 is 0 Å². The number of nitrogens with one attached hydrogen (secondary N) is 1. The Bertz CT molecular complexity index is 963. The number of likely N-dealkylation sites (tertiary alicyclic amines) is 1. The van der Waals surface area contributed by atoms with Crippen molar-refractivity contribution in [3.8, 4) is 11.5 Å². The Hall–Kier alpha value is -2.57. The first-order valence-corrected chi connectivity index (χ1v) is 11.6. The Morgan fingerprint density at radius 2 is 2.00 bits per heavy atom. The first kappa shape index (κ1) is 22.6. The second kappa shape index (κ2) is 9.51. The van der Waals surface area contributed by atoms with Gasteiger partial charge in [-0.2, -0.15) is 0 Å². The highest BCUT2D eigenvalue weighted by molar-refractivity contribution is 5.76. The zero-order valence-corrected chi connectivity index (χ0v) is 19.0. The van der Waals surface area contributed by atoms with Crippen LogP contribution in [-0.2, 0) is 27.9 Å². The summed E-state index contributed by atoms with van der Waals surface area (Å²) >= 11 is 0. The molecule has 2 heterocycles. The van der Waals surface area contributed by atoms with Crippen molar-refractivity contribution < 1.29 is 19.7 Å². The van der Waals surface area contributed by atoms with E-state index in [-0.39, 0.29) is 23.2 Å². The first-order chi connectivity index (χ1) is 15.3. The molecule has 3 atom stereocenters. The van der Waals surface area contributed by atoms with Gasteiger partial charge in [0.2, 0.25) is 0 Å². The summed E-state index contributed by atoms with van der Waals surface area (Å²) in [6.45, 7) is 8.46. The van der Waals surface area contributed by atoms with E-state index < -0.39 is 0 Å². The molecule has 2 aromatic carbocycles. The van der Waals surface area contributed by atoms with Gasteiger partial charge in [-0.3, -0.25) is 4.79 Å². The third-order valence-corrected chi connectivity index (χ3v) is 7.37. The molecule has 2 aromatic rings. The maximum absolute atomic E-state index is 12.5. The molecule has 32 heavy (non-hydrogen) atoms. The molecule has 6 nitrogen and oxygen atoms in total. The number of fused-ring (bicyclic) bond motifs is 1. The van der Waals surface area contributed by atoms with E-state index in [0.29, 0.717) is 31.2 Å². The van der Waals surface area contributed by atoms with Crippen LogP contribution in [0.2, 0.25) is 0 Å². The quantitative estimate of drug-likeness (QED) is 0.474. The number of phenolic OH excluding ortho intramolecular Hbond substituents is 2. The molecule has 0 saturated carbocycles. The number of carbonyl (C=O) groups excluding carboxylic acids is 1. The molecule has 0 aromatic heterocycles. The third kappa shape index (κ3) is 4.92. The van der Waals surface area contributed by atoms with E-state index in [4.69, 9.17) is 4.74 Å². The Morgan fingerprint density at radius 3 is 2.78 bits per heavy atom. The van der Waals surface area contributed by atoms with Crippen molar-refractivity contribution in [3.63, 3.8) is 0 Å². The van der Waals surface area contributed by atoms with Gasteiger partial charge < -0.3 is 25.2 Å². The molecule has 4 rings (SSSR count). The summed E-state index contributed by atoms with van der Waals surface area (Å²) < 4.78 is 5.56. The lowest BCUT2D eigenvalue weighted by molar-refractivity contribution is -0.146. The largest absolute Gasteiger partial charge is 0.508 e. The minimum Gasteiger partial charge on any atom is -0.508 e. The number of carbonyl (C=O) groups is 1. The number of hydrogen-bond donors (Lipinski definition) is 3. The van der Waals surface area contributed by atoms with Gasteiger partial charge in [-0.25, -0.2) is 0 Å². The van der Waals surface area contributed by atoms with Gasteiger partial charge in [0, 0.05) is 19.6 Å². The van der Waals surface area contributed by atoms with E-state index in [2.05, 4.69) is 30.1 Å². The SMILES string of the molecule is C[C@H]1CN(CCCOC(=O)[C@H]2Cc3ccc(O)cc3CN2)CC[C@@]1(C)c1cccc(O)c1. The molecule has 6 heteroatoms. The highest BCUT2D eigenvalue weighted by atomic mass is 16.5. The molecule has 0 amide bonds. The van der Waals surface area contributed by atoms with Crippen LogP contribution in [0.25, 0.3) is 0 Å². The fourth-order valence-corrected chi connectivity index (χ4v) is 5.04. The Kier molecular flexibility index (Phi) is 6.72. The molecule has 0 radical (unpaired) electrons. The van der Waals surface area contributed by atoms with Crippen molar-refractivity contribution in [1.82, 2.24) is 10.2 Å². The Labute approximate surface area is 190 Å². The topological polar surface area (TPSA) is 82.0 Å². The number of esters is 1. The number of benzene rings is 2. The van der Waals surface area contributed by atoms with Crippen LogP contribution in [0.4, 0.5) is 0 Å². The van der Waals surface area contributed by atoms with Gasteiger partial charge in [-0.05, 0) is 78.1 Å². The highest BCUT2D eigenvalue weighted by Gasteiger charge is 2.38. The van der Waals surface area contributed by atoms with E-state index in [1.165, 1.54) is 5.56 Å². The summed E-state index contributed by atoms with van der Waals surface area (Å²) in [6.07, 6.45) is 2.45. The minimum absolute atomic E-state index is 0.0570. The Balaban J connectivity index is 1.20. The van der Waals surface area contributed by atoms with Gasteiger partial charge in [0.05, 0.1) is 6.61 Å². The van der Waals surface area contributed by atoms with E-state index in [9.17, 15) is 15.0 Å². The van der Waals surface area contributed by atoms with E-state index in [1.54, 1.807) is 18.2 Å². The van der Waals surface area contributed by atoms with Crippen LogP contribution < -0.4 is 5.32 Å².